The second-order valence-electron chi connectivity index (χ2n) is 10.6. The van der Waals surface area contributed by atoms with E-state index in [0.717, 1.165) is 29.6 Å². The van der Waals surface area contributed by atoms with Crippen molar-refractivity contribution in [3.63, 3.8) is 0 Å². The topological polar surface area (TPSA) is 110 Å². The van der Waals surface area contributed by atoms with Crippen LogP contribution in [0.2, 0.25) is 0 Å². The minimum absolute atomic E-state index is 0.0888. The van der Waals surface area contributed by atoms with Gasteiger partial charge in [-0.1, -0.05) is 47.5 Å². The van der Waals surface area contributed by atoms with Crippen LogP contribution in [0.3, 0.4) is 0 Å². The lowest BCUT2D eigenvalue weighted by molar-refractivity contribution is 0.135. The maximum atomic E-state index is 16.5. The zero-order valence-corrected chi connectivity index (χ0v) is 25.4. The molecule has 42 heavy (non-hydrogen) atoms. The first-order valence-corrected chi connectivity index (χ1v) is 15.4. The molecule has 1 aromatic carbocycles. The first kappa shape index (κ1) is 30.0. The van der Waals surface area contributed by atoms with E-state index in [-0.39, 0.29) is 56.7 Å². The van der Waals surface area contributed by atoms with E-state index in [9.17, 15) is 9.65 Å². The third-order valence-corrected chi connectivity index (χ3v) is 9.23. The first-order valence-electron chi connectivity index (χ1n) is 14.6. The molecule has 3 atom stereocenters. The summed E-state index contributed by atoms with van der Waals surface area (Å²) in [5.74, 6) is 0.0467. The lowest BCUT2D eigenvalue weighted by atomic mass is 9.94. The van der Waals surface area contributed by atoms with Gasteiger partial charge in [-0.25, -0.2) is 18.7 Å². The normalized spacial score (nSPS) is 20.5. The van der Waals surface area contributed by atoms with Gasteiger partial charge >= 0.3 is 0 Å². The third-order valence-electron chi connectivity index (χ3n) is 8.20. The maximum absolute atomic E-state index is 16.5. The zero-order valence-electron chi connectivity index (χ0n) is 24.6. The molecule has 6 heterocycles. The van der Waals surface area contributed by atoms with E-state index in [1.54, 1.807) is 6.20 Å². The van der Waals surface area contributed by atoms with Crippen LogP contribution in [-0.2, 0) is 22.7 Å². The van der Waals surface area contributed by atoms with Crippen molar-refractivity contribution in [2.75, 3.05) is 30.4 Å². The van der Waals surface area contributed by atoms with Crippen LogP contribution in [0.15, 0.2) is 12.4 Å². The van der Waals surface area contributed by atoms with E-state index in [1.807, 2.05) is 19.9 Å². The largest absolute Gasteiger partial charge is 0.389 e. The molecular formula is C31H36F2N6O2S. The molecular weight excluding hydrogens is 558 g/mol. The summed E-state index contributed by atoms with van der Waals surface area (Å²) in [5.41, 5.74) is 7.94. The number of fused-ring (bicyclic) bond motifs is 5. The summed E-state index contributed by atoms with van der Waals surface area (Å²) >= 11 is 0.952. The molecule has 0 amide bonds. The van der Waals surface area contributed by atoms with Crippen molar-refractivity contribution < 1.29 is 18.3 Å². The smallest absolute Gasteiger partial charge is 0.226 e. The Balaban J connectivity index is 0.000000545. The second kappa shape index (κ2) is 12.4. The van der Waals surface area contributed by atoms with Gasteiger partial charge in [0.15, 0.2) is 11.6 Å². The second-order valence-corrected chi connectivity index (χ2v) is 11.6. The Morgan fingerprint density at radius 2 is 1.83 bits per heavy atom. The first-order chi connectivity index (χ1) is 20.4. The number of nitriles is 1. The molecule has 7 rings (SSSR count). The van der Waals surface area contributed by atoms with E-state index >= 15 is 4.39 Å². The summed E-state index contributed by atoms with van der Waals surface area (Å²) in [5, 5.41) is 10.7. The van der Waals surface area contributed by atoms with Crippen molar-refractivity contribution in [2.24, 2.45) is 11.8 Å². The molecule has 0 radical (unpaired) electrons. The van der Waals surface area contributed by atoms with Crippen molar-refractivity contribution in [1.82, 2.24) is 15.0 Å². The Hall–Kier alpha value is -3.46. The molecule has 11 heteroatoms. The quantitative estimate of drug-likeness (QED) is 0.271. The average molecular weight is 595 g/mol. The summed E-state index contributed by atoms with van der Waals surface area (Å²) in [4.78, 5) is 15.7. The zero-order chi connectivity index (χ0) is 30.1. The van der Waals surface area contributed by atoms with Crippen molar-refractivity contribution in [1.29, 1.82) is 5.26 Å². The van der Waals surface area contributed by atoms with E-state index in [2.05, 4.69) is 35.6 Å². The molecule has 0 aliphatic carbocycles. The molecule has 0 saturated carbocycles. The van der Waals surface area contributed by atoms with Crippen molar-refractivity contribution in [3.05, 3.63) is 40.7 Å². The lowest BCUT2D eigenvalue weighted by Crippen LogP contribution is -2.34. The molecule has 0 bridgehead atoms. The number of aromatic nitrogens is 3. The minimum atomic E-state index is -0.609. The van der Waals surface area contributed by atoms with Crippen molar-refractivity contribution >= 4 is 43.3 Å². The standard InChI is InChI=1S/C25H20F2N6O2S.C4H10.C2H6/c1-10-5-33(17-9-35-6-13(10)17)25-31-3-12-14-7-34-8-15(14)18(20(27)21(12)32-25)22-19-11(2-28)24(29)36-23(19)16(26)4-30-22;1-3-4-2;1-2/h3-4,10,13,17H,5-9,29H2,1H3;3-4H2,1-2H3;1-2H3. The molecule has 3 unspecified atom stereocenters. The molecule has 8 nitrogen and oxygen atoms in total. The van der Waals surface area contributed by atoms with Gasteiger partial charge < -0.3 is 20.1 Å². The number of ether oxygens (including phenoxy) is 2. The van der Waals surface area contributed by atoms with Crippen molar-refractivity contribution in [2.45, 2.75) is 66.7 Å². The summed E-state index contributed by atoms with van der Waals surface area (Å²) < 4.78 is 42.7. The van der Waals surface area contributed by atoms with Gasteiger partial charge in [-0.15, -0.1) is 11.3 Å². The Morgan fingerprint density at radius 3 is 2.55 bits per heavy atom. The molecule has 0 spiro atoms. The number of hydrogen-bond acceptors (Lipinski definition) is 9. The molecule has 3 aliphatic rings. The van der Waals surface area contributed by atoms with Crippen LogP contribution in [0.25, 0.3) is 32.2 Å². The highest BCUT2D eigenvalue weighted by molar-refractivity contribution is 7.23. The van der Waals surface area contributed by atoms with Gasteiger partial charge in [0.05, 0.1) is 54.6 Å². The molecule has 2 fully saturated rings. The Morgan fingerprint density at radius 1 is 1.10 bits per heavy atom. The Bertz CT molecular complexity index is 1670. The average Bonchev–Trinajstić information content (AvgIpc) is 3.80. The van der Waals surface area contributed by atoms with E-state index in [4.69, 9.17) is 20.2 Å². The van der Waals surface area contributed by atoms with E-state index in [1.165, 1.54) is 12.8 Å². The number of rotatable bonds is 3. The summed E-state index contributed by atoms with van der Waals surface area (Å²) in [6.07, 6.45) is 5.33. The monoisotopic (exact) mass is 594 g/mol. The third kappa shape index (κ3) is 4.85. The van der Waals surface area contributed by atoms with Crippen molar-refractivity contribution in [3.8, 4) is 17.3 Å². The number of pyridine rings is 1. The summed E-state index contributed by atoms with van der Waals surface area (Å²) in [6, 6.07) is 2.19. The van der Waals surface area contributed by atoms with E-state index in [0.29, 0.717) is 41.9 Å². The van der Waals surface area contributed by atoms with Crippen LogP contribution in [0, 0.1) is 34.8 Å². The van der Waals surface area contributed by atoms with Crippen LogP contribution in [-0.4, -0.2) is 40.8 Å². The van der Waals surface area contributed by atoms with Gasteiger partial charge in [0.2, 0.25) is 5.95 Å². The lowest BCUT2D eigenvalue weighted by Gasteiger charge is -2.23. The Labute approximate surface area is 248 Å². The highest BCUT2D eigenvalue weighted by atomic mass is 32.1. The number of nitrogens with two attached hydrogens (primary N) is 1. The van der Waals surface area contributed by atoms with Gasteiger partial charge in [0.25, 0.3) is 0 Å². The fourth-order valence-corrected chi connectivity index (χ4v) is 6.83. The maximum Gasteiger partial charge on any atom is 0.226 e. The molecule has 3 aliphatic heterocycles. The fourth-order valence-electron chi connectivity index (χ4n) is 5.91. The van der Waals surface area contributed by atoms with Crippen LogP contribution in [0.5, 0.6) is 0 Å². The van der Waals surface area contributed by atoms with Gasteiger partial charge in [-0.05, 0) is 17.0 Å². The number of benzene rings is 1. The van der Waals surface area contributed by atoms with Gasteiger partial charge in [-0.2, -0.15) is 5.26 Å². The highest BCUT2D eigenvalue weighted by Crippen LogP contribution is 2.45. The fraction of sp³-hybridized carbons (Fsp3) is 0.484. The number of hydrogen-bond donors (Lipinski definition) is 1. The number of anilines is 2. The number of unbranched alkanes of at least 4 members (excludes halogenated alkanes) is 1. The number of halogens is 2. The number of nitrogen functional groups attached to an aromatic ring is 1. The number of nitrogens with zero attached hydrogens (tertiary/aromatic N) is 5. The number of thiophene rings is 1. The molecule has 222 valence electrons. The van der Waals surface area contributed by atoms with Gasteiger partial charge in [0.1, 0.15) is 16.6 Å². The predicted octanol–water partition coefficient (Wildman–Crippen LogP) is 6.97. The summed E-state index contributed by atoms with van der Waals surface area (Å²) in [7, 11) is 0. The van der Waals surface area contributed by atoms with Gasteiger partial charge in [0, 0.05) is 35.0 Å². The minimum Gasteiger partial charge on any atom is -0.389 e. The van der Waals surface area contributed by atoms with E-state index < -0.39 is 11.6 Å². The van der Waals surface area contributed by atoms with Gasteiger partial charge in [-0.3, -0.25) is 4.98 Å². The predicted molar refractivity (Wildman–Crippen MR) is 162 cm³/mol. The molecule has 2 N–H and O–H groups in total. The summed E-state index contributed by atoms with van der Waals surface area (Å²) in [6.45, 7) is 13.0. The van der Waals surface area contributed by atoms with Crippen LogP contribution in [0.1, 0.15) is 64.2 Å². The molecule has 3 aromatic heterocycles. The highest BCUT2D eigenvalue weighted by Gasteiger charge is 2.44. The Kier molecular flexibility index (Phi) is 8.87. The molecule has 4 aromatic rings. The van der Waals surface area contributed by atoms with Crippen LogP contribution < -0.4 is 10.6 Å². The van der Waals surface area contributed by atoms with Crippen LogP contribution >= 0.6 is 11.3 Å². The van der Waals surface area contributed by atoms with Crippen LogP contribution in [0.4, 0.5) is 19.7 Å². The SMILES string of the molecule is CC.CC1CN(c2ncc3c4c(c(-c5ncc(F)c6sc(N)c(C#N)c56)c(F)c3n2)COC4)C2COCC12.CCCC. The molecule has 2 saturated heterocycles.